The minimum absolute atomic E-state index is 0.675. The highest BCUT2D eigenvalue weighted by Crippen LogP contribution is 2.24. The number of benzene rings is 2. The molecule has 1 N–H and O–H groups in total. The van der Waals surface area contributed by atoms with E-state index in [-0.39, 0.29) is 0 Å². The van der Waals surface area contributed by atoms with Crippen LogP contribution in [0.3, 0.4) is 0 Å². The van der Waals surface area contributed by atoms with Crippen LogP contribution in [-0.4, -0.2) is 34.5 Å². The first kappa shape index (κ1) is 17.0. The first-order valence-electron chi connectivity index (χ1n) is 8.51. The highest BCUT2D eigenvalue weighted by Gasteiger charge is 2.11. The predicted molar refractivity (Wildman–Crippen MR) is 102 cm³/mol. The highest BCUT2D eigenvalue weighted by atomic mass is 16.1. The molecule has 0 spiro atoms. The molecule has 1 heterocycles. The van der Waals surface area contributed by atoms with Crippen LogP contribution in [0.1, 0.15) is 25.0 Å². The summed E-state index contributed by atoms with van der Waals surface area (Å²) in [6.45, 7) is 10.3. The Morgan fingerprint density at radius 3 is 2.32 bits per heavy atom. The number of aryl methyl sites for hydroxylation is 2. The number of aromatic nitrogens is 3. The van der Waals surface area contributed by atoms with Crippen LogP contribution in [-0.2, 0) is 4.79 Å². The summed E-state index contributed by atoms with van der Waals surface area (Å²) in [6.07, 6.45) is 0.675. The van der Waals surface area contributed by atoms with Gasteiger partial charge in [-0.1, -0.05) is 0 Å². The number of anilines is 2. The second-order valence-corrected chi connectivity index (χ2v) is 6.05. The summed E-state index contributed by atoms with van der Waals surface area (Å²) in [5.41, 5.74) is 6.55. The van der Waals surface area contributed by atoms with E-state index < -0.39 is 0 Å². The van der Waals surface area contributed by atoms with Gasteiger partial charge in [0, 0.05) is 24.5 Å². The Bertz CT molecular complexity index is 912. The number of carbonyl (C=O) groups is 1. The fourth-order valence-electron chi connectivity index (χ4n) is 3.04. The molecule has 0 aliphatic rings. The average Bonchev–Trinajstić information content (AvgIpc) is 2.99. The summed E-state index contributed by atoms with van der Waals surface area (Å²) >= 11 is 0. The van der Waals surface area contributed by atoms with Crippen LogP contribution in [0.25, 0.3) is 16.7 Å². The Balaban J connectivity index is 2.03. The number of amides is 1. The van der Waals surface area contributed by atoms with Crippen LogP contribution in [0.2, 0.25) is 0 Å². The monoisotopic (exact) mass is 337 g/mol. The zero-order valence-corrected chi connectivity index (χ0v) is 15.1. The Morgan fingerprint density at radius 1 is 1.04 bits per heavy atom. The van der Waals surface area contributed by atoms with Gasteiger partial charge in [0.25, 0.3) is 0 Å². The lowest BCUT2D eigenvalue weighted by Gasteiger charge is -2.22. The van der Waals surface area contributed by atoms with Gasteiger partial charge in [-0.2, -0.15) is 4.80 Å². The molecular formula is C19H23N5O. The highest BCUT2D eigenvalue weighted by molar-refractivity contribution is 5.84. The molecule has 25 heavy (non-hydrogen) atoms. The normalized spacial score (nSPS) is 10.9. The second kappa shape index (κ2) is 6.93. The lowest BCUT2D eigenvalue weighted by atomic mass is 10.1. The van der Waals surface area contributed by atoms with E-state index >= 15 is 0 Å². The van der Waals surface area contributed by atoms with E-state index in [1.807, 2.05) is 19.1 Å². The maximum Gasteiger partial charge on any atom is 0.211 e. The molecule has 0 bridgehead atoms. The molecule has 0 saturated carbocycles. The summed E-state index contributed by atoms with van der Waals surface area (Å²) in [5.74, 6) is 0. The van der Waals surface area contributed by atoms with E-state index in [4.69, 9.17) is 0 Å². The van der Waals surface area contributed by atoms with Crippen molar-refractivity contribution in [1.29, 1.82) is 0 Å². The molecule has 0 unspecified atom stereocenters. The van der Waals surface area contributed by atoms with Gasteiger partial charge < -0.3 is 10.2 Å². The van der Waals surface area contributed by atoms with Gasteiger partial charge in [-0.15, -0.1) is 10.2 Å². The first-order chi connectivity index (χ1) is 12.1. The number of hydrogen-bond acceptors (Lipinski definition) is 4. The smallest absolute Gasteiger partial charge is 0.211 e. The molecule has 130 valence electrons. The first-order valence-corrected chi connectivity index (χ1v) is 8.51. The fourth-order valence-corrected chi connectivity index (χ4v) is 3.04. The lowest BCUT2D eigenvalue weighted by molar-refractivity contribution is -0.105. The third-order valence-corrected chi connectivity index (χ3v) is 4.47. The van der Waals surface area contributed by atoms with Crippen LogP contribution in [0.15, 0.2) is 30.3 Å². The van der Waals surface area contributed by atoms with Gasteiger partial charge in [-0.3, -0.25) is 4.79 Å². The number of fused-ring (bicyclic) bond motifs is 1. The van der Waals surface area contributed by atoms with E-state index in [9.17, 15) is 4.79 Å². The van der Waals surface area contributed by atoms with Crippen molar-refractivity contribution >= 4 is 28.8 Å². The standard InChI is InChI=1S/C19H23N5O/c1-5-23(6-2)15-7-8-19(14(4)9-15)24-21-17-10-13(3)16(20-12-25)11-18(17)22-24/h7-12H,5-6H2,1-4H3,(H,20,25). The quantitative estimate of drug-likeness (QED) is 0.700. The number of rotatable bonds is 6. The van der Waals surface area contributed by atoms with Crippen LogP contribution < -0.4 is 10.2 Å². The fraction of sp³-hybridized carbons (Fsp3) is 0.316. The molecule has 6 nitrogen and oxygen atoms in total. The molecule has 0 saturated heterocycles. The van der Waals surface area contributed by atoms with Crippen LogP contribution in [0.5, 0.6) is 0 Å². The zero-order chi connectivity index (χ0) is 18.0. The van der Waals surface area contributed by atoms with Crippen molar-refractivity contribution < 1.29 is 4.79 Å². The molecule has 3 aromatic rings. The molecule has 0 fully saturated rings. The van der Waals surface area contributed by atoms with Gasteiger partial charge in [0.15, 0.2) is 0 Å². The molecule has 0 atom stereocenters. The van der Waals surface area contributed by atoms with Crippen molar-refractivity contribution in [3.63, 3.8) is 0 Å². The molecule has 0 aliphatic carbocycles. The molecule has 6 heteroatoms. The topological polar surface area (TPSA) is 63.1 Å². The molecule has 0 radical (unpaired) electrons. The Morgan fingerprint density at radius 2 is 1.72 bits per heavy atom. The van der Waals surface area contributed by atoms with Crippen molar-refractivity contribution in [2.45, 2.75) is 27.7 Å². The van der Waals surface area contributed by atoms with Gasteiger partial charge in [-0.25, -0.2) is 0 Å². The minimum atomic E-state index is 0.675. The molecule has 2 aromatic carbocycles. The van der Waals surface area contributed by atoms with Crippen LogP contribution in [0.4, 0.5) is 11.4 Å². The summed E-state index contributed by atoms with van der Waals surface area (Å²) in [6, 6.07) is 10.1. The van der Waals surface area contributed by atoms with Gasteiger partial charge in [-0.05, 0) is 69.2 Å². The Hall–Kier alpha value is -2.89. The average molecular weight is 337 g/mol. The number of nitrogens with one attached hydrogen (secondary N) is 1. The second-order valence-electron chi connectivity index (χ2n) is 6.05. The van der Waals surface area contributed by atoms with Crippen molar-refractivity contribution in [3.8, 4) is 5.69 Å². The lowest BCUT2D eigenvalue weighted by Crippen LogP contribution is -2.21. The van der Waals surface area contributed by atoms with Gasteiger partial charge in [0.2, 0.25) is 6.41 Å². The van der Waals surface area contributed by atoms with E-state index in [0.29, 0.717) is 6.41 Å². The van der Waals surface area contributed by atoms with Crippen molar-refractivity contribution in [2.75, 3.05) is 23.3 Å². The molecule has 1 amide bonds. The van der Waals surface area contributed by atoms with E-state index in [2.05, 4.69) is 59.4 Å². The molecule has 0 aliphatic heterocycles. The maximum atomic E-state index is 10.7. The van der Waals surface area contributed by atoms with Gasteiger partial charge >= 0.3 is 0 Å². The van der Waals surface area contributed by atoms with Crippen molar-refractivity contribution in [1.82, 2.24) is 15.0 Å². The summed E-state index contributed by atoms with van der Waals surface area (Å²) in [7, 11) is 0. The third kappa shape index (κ3) is 3.20. The number of hydrogen-bond donors (Lipinski definition) is 1. The predicted octanol–water partition coefficient (Wildman–Crippen LogP) is 3.45. The molecular weight excluding hydrogens is 314 g/mol. The zero-order valence-electron chi connectivity index (χ0n) is 15.1. The minimum Gasteiger partial charge on any atom is -0.372 e. The van der Waals surface area contributed by atoms with E-state index in [1.165, 1.54) is 5.69 Å². The Kier molecular flexibility index (Phi) is 4.70. The summed E-state index contributed by atoms with van der Waals surface area (Å²) in [4.78, 5) is 14.7. The number of carbonyl (C=O) groups excluding carboxylic acids is 1. The summed E-state index contributed by atoms with van der Waals surface area (Å²) < 4.78 is 0. The van der Waals surface area contributed by atoms with Crippen LogP contribution >= 0.6 is 0 Å². The van der Waals surface area contributed by atoms with E-state index in [1.54, 1.807) is 4.80 Å². The molecule has 3 rings (SSSR count). The van der Waals surface area contributed by atoms with Gasteiger partial charge in [0.1, 0.15) is 11.0 Å². The van der Waals surface area contributed by atoms with E-state index in [0.717, 1.165) is 46.6 Å². The Labute approximate surface area is 147 Å². The van der Waals surface area contributed by atoms with Gasteiger partial charge in [0.05, 0.1) is 5.69 Å². The number of nitrogens with zero attached hydrogens (tertiary/aromatic N) is 4. The van der Waals surface area contributed by atoms with Crippen molar-refractivity contribution in [3.05, 3.63) is 41.5 Å². The SMILES string of the molecule is CCN(CC)c1ccc(-n2nc3cc(C)c(NC=O)cc3n2)c(C)c1. The summed E-state index contributed by atoms with van der Waals surface area (Å²) in [5, 5.41) is 11.9. The molecule has 1 aromatic heterocycles. The maximum absolute atomic E-state index is 10.7. The largest absolute Gasteiger partial charge is 0.372 e. The van der Waals surface area contributed by atoms with Crippen molar-refractivity contribution in [2.24, 2.45) is 0 Å². The van der Waals surface area contributed by atoms with Crippen LogP contribution in [0, 0.1) is 13.8 Å². The third-order valence-electron chi connectivity index (χ3n) is 4.47.